The molecule has 3 saturated carbocycles. The lowest BCUT2D eigenvalue weighted by Crippen LogP contribution is -2.34. The van der Waals surface area contributed by atoms with Gasteiger partial charge in [-0.3, -0.25) is 4.79 Å². The van der Waals surface area contributed by atoms with Crippen molar-refractivity contribution < 1.29 is 9.53 Å². The van der Waals surface area contributed by atoms with E-state index < -0.39 is 0 Å². The van der Waals surface area contributed by atoms with Gasteiger partial charge in [0.2, 0.25) is 0 Å². The SMILES string of the molecule is CCCCC1CCC([C@H]2CC[C@H](C(=O)O[C@H]3CC[C@H](CCCC)CC3)CC2)C(C)C1. The molecule has 30 heavy (non-hydrogen) atoms. The van der Waals surface area contributed by atoms with Gasteiger partial charge in [-0.1, -0.05) is 65.7 Å². The van der Waals surface area contributed by atoms with Crippen LogP contribution in [0.25, 0.3) is 0 Å². The molecule has 3 fully saturated rings. The standard InChI is InChI=1S/C28H50O2/c1-4-6-8-22-10-17-26(18-11-22)30-28(29)25-15-13-24(14-16-25)27-19-12-23(9-7-5-2)20-21(27)3/h21-27H,4-20H2,1-3H3/t21?,22-,23?,24-,25-,26-,27?. The molecule has 0 heterocycles. The Kier molecular flexibility index (Phi) is 10.0. The zero-order chi connectivity index (χ0) is 21.3. The maximum absolute atomic E-state index is 12.8. The van der Waals surface area contributed by atoms with Crippen LogP contribution in [0, 0.1) is 35.5 Å². The quantitative estimate of drug-likeness (QED) is 0.352. The highest BCUT2D eigenvalue weighted by atomic mass is 16.5. The second kappa shape index (κ2) is 12.5. The normalized spacial score (nSPS) is 37.6. The molecule has 0 bridgehead atoms. The second-order valence-corrected chi connectivity index (χ2v) is 11.3. The molecule has 0 spiro atoms. The first-order valence-electron chi connectivity index (χ1n) is 13.8. The van der Waals surface area contributed by atoms with Gasteiger partial charge in [0, 0.05) is 0 Å². The van der Waals surface area contributed by atoms with E-state index in [1.807, 2.05) is 0 Å². The first-order valence-corrected chi connectivity index (χ1v) is 13.8. The number of ether oxygens (including phenoxy) is 1. The van der Waals surface area contributed by atoms with Crippen molar-refractivity contribution in [2.24, 2.45) is 35.5 Å². The van der Waals surface area contributed by atoms with Crippen molar-refractivity contribution in [3.05, 3.63) is 0 Å². The van der Waals surface area contributed by atoms with Gasteiger partial charge in [0.05, 0.1) is 5.92 Å². The summed E-state index contributed by atoms with van der Waals surface area (Å²) >= 11 is 0. The molecule has 2 nitrogen and oxygen atoms in total. The summed E-state index contributed by atoms with van der Waals surface area (Å²) < 4.78 is 6.00. The summed E-state index contributed by atoms with van der Waals surface area (Å²) in [6.07, 6.45) is 22.2. The molecule has 2 heteroatoms. The van der Waals surface area contributed by atoms with Crippen LogP contribution in [0.4, 0.5) is 0 Å². The van der Waals surface area contributed by atoms with Crippen molar-refractivity contribution in [2.45, 2.75) is 136 Å². The summed E-state index contributed by atoms with van der Waals surface area (Å²) in [6.45, 7) is 7.11. The number of unbranched alkanes of at least 4 members (excludes halogenated alkanes) is 2. The lowest BCUT2D eigenvalue weighted by molar-refractivity contribution is -0.157. The Balaban J connectivity index is 1.35. The van der Waals surface area contributed by atoms with Gasteiger partial charge in [0.1, 0.15) is 6.10 Å². The second-order valence-electron chi connectivity index (χ2n) is 11.3. The Bertz CT molecular complexity index is 485. The van der Waals surface area contributed by atoms with Gasteiger partial charge < -0.3 is 4.74 Å². The van der Waals surface area contributed by atoms with Gasteiger partial charge in [-0.15, -0.1) is 0 Å². The predicted octanol–water partition coefficient (Wildman–Crippen LogP) is 8.33. The van der Waals surface area contributed by atoms with Crippen molar-refractivity contribution in [1.82, 2.24) is 0 Å². The lowest BCUT2D eigenvalue weighted by atomic mass is 9.64. The highest BCUT2D eigenvalue weighted by Crippen LogP contribution is 2.45. The van der Waals surface area contributed by atoms with Crippen LogP contribution in [0.2, 0.25) is 0 Å². The summed E-state index contributed by atoms with van der Waals surface area (Å²) in [5.41, 5.74) is 0. The largest absolute Gasteiger partial charge is 0.462 e. The number of rotatable bonds is 9. The van der Waals surface area contributed by atoms with Crippen LogP contribution in [-0.4, -0.2) is 12.1 Å². The molecule has 174 valence electrons. The van der Waals surface area contributed by atoms with Gasteiger partial charge in [-0.25, -0.2) is 0 Å². The zero-order valence-corrected chi connectivity index (χ0v) is 20.4. The summed E-state index contributed by atoms with van der Waals surface area (Å²) in [4.78, 5) is 12.8. The number of hydrogen-bond acceptors (Lipinski definition) is 2. The third-order valence-corrected chi connectivity index (χ3v) is 9.06. The first kappa shape index (κ1) is 24.1. The van der Waals surface area contributed by atoms with E-state index in [0.717, 1.165) is 55.3 Å². The van der Waals surface area contributed by atoms with E-state index in [0.29, 0.717) is 0 Å². The van der Waals surface area contributed by atoms with Crippen LogP contribution in [0.1, 0.15) is 130 Å². The molecule has 0 radical (unpaired) electrons. The third kappa shape index (κ3) is 6.99. The molecular weight excluding hydrogens is 368 g/mol. The summed E-state index contributed by atoms with van der Waals surface area (Å²) in [5, 5.41) is 0. The van der Waals surface area contributed by atoms with E-state index in [9.17, 15) is 4.79 Å². The van der Waals surface area contributed by atoms with Crippen LogP contribution in [0.5, 0.6) is 0 Å². The minimum absolute atomic E-state index is 0.141. The molecule has 0 amide bonds. The molecular formula is C28H50O2. The van der Waals surface area contributed by atoms with Crippen LogP contribution in [0.15, 0.2) is 0 Å². The van der Waals surface area contributed by atoms with Crippen LogP contribution < -0.4 is 0 Å². The highest BCUT2D eigenvalue weighted by molar-refractivity contribution is 5.72. The van der Waals surface area contributed by atoms with E-state index >= 15 is 0 Å². The maximum atomic E-state index is 12.8. The van der Waals surface area contributed by atoms with E-state index in [2.05, 4.69) is 20.8 Å². The summed E-state index contributed by atoms with van der Waals surface area (Å²) in [6, 6.07) is 0. The smallest absolute Gasteiger partial charge is 0.309 e. The predicted molar refractivity (Wildman–Crippen MR) is 126 cm³/mol. The number of hydrogen-bond donors (Lipinski definition) is 0. The average Bonchev–Trinajstić information content (AvgIpc) is 2.77. The minimum atomic E-state index is 0.141. The first-order chi connectivity index (χ1) is 14.6. The Morgan fingerprint density at radius 2 is 1.37 bits per heavy atom. The Morgan fingerprint density at radius 3 is 1.97 bits per heavy atom. The Hall–Kier alpha value is -0.530. The van der Waals surface area contributed by atoms with Crippen molar-refractivity contribution in [1.29, 1.82) is 0 Å². The van der Waals surface area contributed by atoms with E-state index in [1.165, 1.54) is 83.5 Å². The van der Waals surface area contributed by atoms with Crippen LogP contribution >= 0.6 is 0 Å². The van der Waals surface area contributed by atoms with Gasteiger partial charge in [0.25, 0.3) is 0 Å². The lowest BCUT2D eigenvalue weighted by Gasteiger charge is -2.41. The third-order valence-electron chi connectivity index (χ3n) is 9.06. The average molecular weight is 419 g/mol. The van der Waals surface area contributed by atoms with E-state index in [-0.39, 0.29) is 18.0 Å². The molecule has 3 rings (SSSR count). The molecule has 3 aliphatic rings. The van der Waals surface area contributed by atoms with E-state index in [4.69, 9.17) is 4.74 Å². The topological polar surface area (TPSA) is 26.3 Å². The fourth-order valence-corrected chi connectivity index (χ4v) is 7.06. The van der Waals surface area contributed by atoms with Gasteiger partial charge in [-0.2, -0.15) is 0 Å². The minimum Gasteiger partial charge on any atom is -0.462 e. The van der Waals surface area contributed by atoms with Crippen molar-refractivity contribution in [3.8, 4) is 0 Å². The fourth-order valence-electron chi connectivity index (χ4n) is 7.06. The monoisotopic (exact) mass is 418 g/mol. The van der Waals surface area contributed by atoms with Crippen LogP contribution in [0.3, 0.4) is 0 Å². The molecule has 0 aromatic rings. The van der Waals surface area contributed by atoms with Gasteiger partial charge in [0.15, 0.2) is 0 Å². The summed E-state index contributed by atoms with van der Waals surface area (Å²) in [5.74, 6) is 4.87. The molecule has 3 unspecified atom stereocenters. The molecule has 3 aliphatic carbocycles. The van der Waals surface area contributed by atoms with E-state index in [1.54, 1.807) is 0 Å². The molecule has 0 aromatic heterocycles. The fraction of sp³-hybridized carbons (Fsp3) is 0.964. The van der Waals surface area contributed by atoms with Gasteiger partial charge in [-0.05, 0) is 93.8 Å². The Morgan fingerprint density at radius 1 is 0.767 bits per heavy atom. The zero-order valence-electron chi connectivity index (χ0n) is 20.4. The molecule has 0 aliphatic heterocycles. The molecule has 3 atom stereocenters. The summed E-state index contributed by atoms with van der Waals surface area (Å²) in [7, 11) is 0. The molecule has 0 saturated heterocycles. The van der Waals surface area contributed by atoms with Crippen molar-refractivity contribution >= 4 is 5.97 Å². The number of carbonyl (C=O) groups excluding carboxylic acids is 1. The molecule has 0 N–H and O–H groups in total. The van der Waals surface area contributed by atoms with Gasteiger partial charge >= 0.3 is 5.97 Å². The van der Waals surface area contributed by atoms with Crippen LogP contribution in [-0.2, 0) is 9.53 Å². The Labute approximate surface area is 187 Å². The number of carbonyl (C=O) groups is 1. The maximum Gasteiger partial charge on any atom is 0.309 e. The number of esters is 1. The van der Waals surface area contributed by atoms with Crippen molar-refractivity contribution in [3.63, 3.8) is 0 Å². The highest BCUT2D eigenvalue weighted by Gasteiger charge is 2.37. The van der Waals surface area contributed by atoms with Crippen molar-refractivity contribution in [2.75, 3.05) is 0 Å². The molecule has 0 aromatic carbocycles.